The highest BCUT2D eigenvalue weighted by molar-refractivity contribution is 7.89. The quantitative estimate of drug-likeness (QED) is 0.833. The van der Waals surface area contributed by atoms with E-state index in [1.54, 1.807) is 12.1 Å². The van der Waals surface area contributed by atoms with Crippen LogP contribution < -0.4 is 9.46 Å². The molecule has 8 heteroatoms. The molecule has 0 spiro atoms. The Hall–Kier alpha value is -1.90. The molecule has 0 amide bonds. The average Bonchev–Trinajstić information content (AvgIpc) is 3.01. The van der Waals surface area contributed by atoms with Gasteiger partial charge in [-0.1, -0.05) is 0 Å². The Bertz CT molecular complexity index is 745. The maximum atomic E-state index is 13.7. The molecule has 0 aliphatic rings. The summed E-state index contributed by atoms with van der Waals surface area (Å²) >= 11 is 0. The second-order valence-corrected chi connectivity index (χ2v) is 6.91. The number of rotatable bonds is 7. The van der Waals surface area contributed by atoms with Gasteiger partial charge < -0.3 is 9.15 Å². The van der Waals surface area contributed by atoms with Gasteiger partial charge in [-0.05, 0) is 44.4 Å². The third-order valence-electron chi connectivity index (χ3n) is 3.40. The first kappa shape index (κ1) is 17.5. The number of sulfonamides is 1. The van der Waals surface area contributed by atoms with Gasteiger partial charge in [0.05, 0.1) is 24.3 Å². The van der Waals surface area contributed by atoms with E-state index in [4.69, 9.17) is 9.15 Å². The zero-order chi connectivity index (χ0) is 17.0. The normalized spacial score (nSPS) is 13.3. The lowest BCUT2D eigenvalue weighted by molar-refractivity contribution is 0.259. The fraction of sp³-hybridized carbons (Fsp3) is 0.333. The van der Waals surface area contributed by atoms with Crippen molar-refractivity contribution in [3.8, 4) is 5.75 Å². The Morgan fingerprint density at radius 2 is 2.09 bits per heavy atom. The van der Waals surface area contributed by atoms with Crippen molar-refractivity contribution in [3.05, 3.63) is 48.2 Å². The van der Waals surface area contributed by atoms with E-state index in [-0.39, 0.29) is 23.2 Å². The first-order chi connectivity index (χ1) is 10.8. The highest BCUT2D eigenvalue weighted by Crippen LogP contribution is 2.22. The molecule has 2 aromatic rings. The van der Waals surface area contributed by atoms with Gasteiger partial charge in [0.1, 0.15) is 5.76 Å². The number of ether oxygens (including phenoxy) is 1. The van der Waals surface area contributed by atoms with Gasteiger partial charge in [-0.2, -0.15) is 0 Å². The molecule has 1 aromatic carbocycles. The summed E-state index contributed by atoms with van der Waals surface area (Å²) in [5.41, 5.74) is 0. The highest BCUT2D eigenvalue weighted by atomic mass is 32.2. The molecule has 23 heavy (non-hydrogen) atoms. The topological polar surface area (TPSA) is 71.8 Å². The molecule has 0 bridgehead atoms. The second-order valence-electron chi connectivity index (χ2n) is 5.14. The van der Waals surface area contributed by atoms with Crippen LogP contribution in [-0.2, 0) is 10.0 Å². The summed E-state index contributed by atoms with van der Waals surface area (Å²) in [5.74, 6) is -0.102. The average molecular weight is 342 g/mol. The van der Waals surface area contributed by atoms with E-state index in [0.717, 1.165) is 6.07 Å². The number of nitrogens with zero attached hydrogens (tertiary/aromatic N) is 1. The molecule has 126 valence electrons. The van der Waals surface area contributed by atoms with E-state index in [0.29, 0.717) is 5.76 Å². The molecule has 1 aromatic heterocycles. The molecule has 0 fully saturated rings. The van der Waals surface area contributed by atoms with Crippen LogP contribution in [0.15, 0.2) is 45.9 Å². The lowest BCUT2D eigenvalue weighted by atomic mass is 10.2. The highest BCUT2D eigenvalue weighted by Gasteiger charge is 2.22. The molecule has 0 radical (unpaired) electrons. The summed E-state index contributed by atoms with van der Waals surface area (Å²) in [7, 11) is 1.10. The smallest absolute Gasteiger partial charge is 0.240 e. The Morgan fingerprint density at radius 1 is 1.35 bits per heavy atom. The maximum Gasteiger partial charge on any atom is 0.240 e. The van der Waals surface area contributed by atoms with Gasteiger partial charge in [-0.3, -0.25) is 4.90 Å². The lowest BCUT2D eigenvalue weighted by Gasteiger charge is -2.22. The SMILES string of the molecule is COc1ccc(S(=O)(=O)NC[C@H](c2ccco2)N(C)C)cc1F. The summed E-state index contributed by atoms with van der Waals surface area (Å²) in [6, 6.07) is 6.73. The molecule has 0 saturated heterocycles. The van der Waals surface area contributed by atoms with Gasteiger partial charge in [-0.25, -0.2) is 17.5 Å². The minimum absolute atomic E-state index is 0.00861. The fourth-order valence-corrected chi connectivity index (χ4v) is 3.15. The molecule has 0 unspecified atom stereocenters. The largest absolute Gasteiger partial charge is 0.494 e. The van der Waals surface area contributed by atoms with E-state index < -0.39 is 15.8 Å². The van der Waals surface area contributed by atoms with Crippen molar-refractivity contribution in [1.82, 2.24) is 9.62 Å². The van der Waals surface area contributed by atoms with Gasteiger partial charge in [0.25, 0.3) is 0 Å². The summed E-state index contributed by atoms with van der Waals surface area (Å²) in [6.07, 6.45) is 1.53. The molecule has 1 heterocycles. The summed E-state index contributed by atoms with van der Waals surface area (Å²) < 4.78 is 50.9. The van der Waals surface area contributed by atoms with Crippen molar-refractivity contribution in [3.63, 3.8) is 0 Å². The number of hydrogen-bond donors (Lipinski definition) is 1. The molecule has 6 nitrogen and oxygen atoms in total. The summed E-state index contributed by atoms with van der Waals surface area (Å²) in [5, 5.41) is 0. The van der Waals surface area contributed by atoms with Crippen molar-refractivity contribution in [1.29, 1.82) is 0 Å². The molecule has 1 N–H and O–H groups in total. The molecule has 0 saturated carbocycles. The van der Waals surface area contributed by atoms with Crippen LogP contribution in [0, 0.1) is 5.82 Å². The Balaban J connectivity index is 2.16. The van der Waals surface area contributed by atoms with E-state index in [1.807, 2.05) is 19.0 Å². The summed E-state index contributed by atoms with van der Waals surface area (Å²) in [4.78, 5) is 1.67. The lowest BCUT2D eigenvalue weighted by Crippen LogP contribution is -2.34. The van der Waals surface area contributed by atoms with Crippen LogP contribution in [0.3, 0.4) is 0 Å². The Labute approximate surface area is 134 Å². The third-order valence-corrected chi connectivity index (χ3v) is 4.82. The van der Waals surface area contributed by atoms with Crippen LogP contribution in [-0.4, -0.2) is 41.1 Å². The maximum absolute atomic E-state index is 13.7. The van der Waals surface area contributed by atoms with Crippen LogP contribution in [0.4, 0.5) is 4.39 Å². The minimum atomic E-state index is -3.84. The standard InChI is InChI=1S/C15H19FN2O4S/c1-18(2)13(15-5-4-8-22-15)10-17-23(19,20)11-6-7-14(21-3)12(16)9-11/h4-9,13,17H,10H2,1-3H3/t13-/m1/s1. The van der Waals surface area contributed by atoms with Crippen molar-refractivity contribution in [2.75, 3.05) is 27.7 Å². The van der Waals surface area contributed by atoms with E-state index in [1.165, 1.54) is 25.5 Å². The molecular weight excluding hydrogens is 323 g/mol. The number of likely N-dealkylation sites (N-methyl/N-ethyl adjacent to an activating group) is 1. The summed E-state index contributed by atoms with van der Waals surface area (Å²) in [6.45, 7) is 0.0937. The first-order valence-electron chi connectivity index (χ1n) is 6.88. The first-order valence-corrected chi connectivity index (χ1v) is 8.36. The van der Waals surface area contributed by atoms with Crippen molar-refractivity contribution >= 4 is 10.0 Å². The number of hydrogen-bond acceptors (Lipinski definition) is 5. The van der Waals surface area contributed by atoms with E-state index >= 15 is 0 Å². The number of benzene rings is 1. The van der Waals surface area contributed by atoms with Crippen molar-refractivity contribution < 1.29 is 22.0 Å². The molecule has 2 rings (SSSR count). The zero-order valence-corrected chi connectivity index (χ0v) is 13.9. The number of methoxy groups -OCH3 is 1. The Kier molecular flexibility index (Phi) is 5.40. The molecule has 1 atom stereocenters. The number of nitrogens with one attached hydrogen (secondary N) is 1. The predicted octanol–water partition coefficient (Wildman–Crippen LogP) is 2.01. The fourth-order valence-electron chi connectivity index (χ4n) is 2.10. The van der Waals surface area contributed by atoms with Gasteiger partial charge in [0.15, 0.2) is 11.6 Å². The number of halogens is 1. The van der Waals surface area contributed by atoms with Gasteiger partial charge in [0.2, 0.25) is 10.0 Å². The monoisotopic (exact) mass is 342 g/mol. The molecule has 0 aliphatic carbocycles. The van der Waals surface area contributed by atoms with Crippen LogP contribution in [0.2, 0.25) is 0 Å². The van der Waals surface area contributed by atoms with Crippen molar-refractivity contribution in [2.45, 2.75) is 10.9 Å². The Morgan fingerprint density at radius 3 is 2.61 bits per heavy atom. The van der Waals surface area contributed by atoms with Gasteiger partial charge >= 0.3 is 0 Å². The van der Waals surface area contributed by atoms with Crippen LogP contribution in [0.1, 0.15) is 11.8 Å². The van der Waals surface area contributed by atoms with E-state index in [9.17, 15) is 12.8 Å². The minimum Gasteiger partial charge on any atom is -0.494 e. The van der Waals surface area contributed by atoms with Crippen LogP contribution in [0.25, 0.3) is 0 Å². The molecule has 0 aliphatic heterocycles. The second kappa shape index (κ2) is 7.12. The molecular formula is C15H19FN2O4S. The van der Waals surface area contributed by atoms with Crippen molar-refractivity contribution in [2.24, 2.45) is 0 Å². The third kappa shape index (κ3) is 4.10. The number of furan rings is 1. The van der Waals surface area contributed by atoms with Crippen LogP contribution in [0.5, 0.6) is 5.75 Å². The predicted molar refractivity (Wildman–Crippen MR) is 83.3 cm³/mol. The van der Waals surface area contributed by atoms with Gasteiger partial charge in [0, 0.05) is 6.54 Å². The van der Waals surface area contributed by atoms with E-state index in [2.05, 4.69) is 4.72 Å². The van der Waals surface area contributed by atoms with Gasteiger partial charge in [-0.15, -0.1) is 0 Å². The zero-order valence-electron chi connectivity index (χ0n) is 13.1. The van der Waals surface area contributed by atoms with Crippen LogP contribution >= 0.6 is 0 Å².